The predicted molar refractivity (Wildman–Crippen MR) is 165 cm³/mol. The summed E-state index contributed by atoms with van der Waals surface area (Å²) in [5.41, 5.74) is 0.772. The molecule has 2 fully saturated rings. The van der Waals surface area contributed by atoms with E-state index in [1.807, 2.05) is 6.92 Å². The van der Waals surface area contributed by atoms with Gasteiger partial charge in [-0.1, -0.05) is 29.8 Å². The van der Waals surface area contributed by atoms with Crippen LogP contribution in [0.5, 0.6) is 5.75 Å². The van der Waals surface area contributed by atoms with Gasteiger partial charge < -0.3 is 34.8 Å². The van der Waals surface area contributed by atoms with Gasteiger partial charge in [-0.15, -0.1) is 10.2 Å². The van der Waals surface area contributed by atoms with Crippen molar-refractivity contribution in [2.24, 2.45) is 5.92 Å². The van der Waals surface area contributed by atoms with E-state index in [0.717, 1.165) is 19.3 Å². The zero-order valence-electron chi connectivity index (χ0n) is 25.0. The molecule has 3 N–H and O–H groups in total. The minimum atomic E-state index is -2.03. The summed E-state index contributed by atoms with van der Waals surface area (Å²) in [5.74, 6) is -0.972. The molecule has 6 radical (unpaired) electrons. The van der Waals surface area contributed by atoms with Crippen LogP contribution in [-0.4, -0.2) is 105 Å². The normalized spacial score (nSPS) is 15.6. The van der Waals surface area contributed by atoms with Crippen LogP contribution >= 0.6 is 0 Å². The Morgan fingerprint density at radius 3 is 2.56 bits per heavy atom. The highest BCUT2D eigenvalue weighted by atomic mass is 16.5. The lowest BCUT2D eigenvalue weighted by Crippen LogP contribution is -2.50. The van der Waals surface area contributed by atoms with Crippen molar-refractivity contribution in [2.45, 2.75) is 43.8 Å². The Bertz CT molecular complexity index is 1560. The molecule has 1 aliphatic heterocycles. The lowest BCUT2D eigenvalue weighted by atomic mass is 9.49. The third-order valence-corrected chi connectivity index (χ3v) is 7.21. The first kappa shape index (κ1) is 32.0. The van der Waals surface area contributed by atoms with Gasteiger partial charge >= 0.3 is 0 Å². The molecular formula is C28H31B3N8O6. The smallest absolute Gasteiger partial charge is 0.272 e. The van der Waals surface area contributed by atoms with Crippen molar-refractivity contribution in [1.82, 2.24) is 30.6 Å². The van der Waals surface area contributed by atoms with Gasteiger partial charge in [-0.05, 0) is 31.4 Å². The molecular weight excluding hydrogens is 577 g/mol. The molecule has 1 aliphatic carbocycles. The third-order valence-electron chi connectivity index (χ3n) is 7.21. The third kappa shape index (κ3) is 7.82. The summed E-state index contributed by atoms with van der Waals surface area (Å²) in [6, 6.07) is 6.57. The number of ether oxygens (including phenoxy) is 2. The number of carbonyl (C=O) groups is 3. The summed E-state index contributed by atoms with van der Waals surface area (Å²) < 4.78 is 16.7. The highest BCUT2D eigenvalue weighted by Gasteiger charge is 2.32. The maximum Gasteiger partial charge on any atom is 0.272 e. The van der Waals surface area contributed by atoms with Gasteiger partial charge in [-0.3, -0.25) is 14.4 Å². The van der Waals surface area contributed by atoms with E-state index < -0.39 is 17.1 Å². The number of morpholine rings is 1. The lowest BCUT2D eigenvalue weighted by molar-refractivity contribution is -0.137. The SMILES string of the molecule is [B]C([B])([B])NC(=O)c1nnc(NC(=O)C2CC2)cc1Nc1cccc(-c2noc(C(CCC)C(=O)N3CCOCC3)n2)c1OC. The van der Waals surface area contributed by atoms with Crippen molar-refractivity contribution in [3.05, 3.63) is 35.9 Å². The van der Waals surface area contributed by atoms with Crippen LogP contribution in [0.15, 0.2) is 28.8 Å². The second kappa shape index (κ2) is 13.7. The molecule has 2 aliphatic rings. The first-order chi connectivity index (χ1) is 21.6. The summed E-state index contributed by atoms with van der Waals surface area (Å²) in [6.07, 6.45) is 2.85. The number of amides is 3. The van der Waals surface area contributed by atoms with Gasteiger partial charge in [0.05, 0.1) is 60.8 Å². The largest absolute Gasteiger partial charge is 0.494 e. The Morgan fingerprint density at radius 2 is 1.89 bits per heavy atom. The quantitative estimate of drug-likeness (QED) is 0.253. The van der Waals surface area contributed by atoms with Gasteiger partial charge in [0.15, 0.2) is 17.3 Å². The van der Waals surface area contributed by atoms with Crippen LogP contribution in [0.3, 0.4) is 0 Å². The number of para-hydroxylation sites is 1. The van der Waals surface area contributed by atoms with Crippen LogP contribution in [0.1, 0.15) is 54.9 Å². The van der Waals surface area contributed by atoms with Crippen LogP contribution < -0.4 is 20.7 Å². The summed E-state index contributed by atoms with van der Waals surface area (Å²) in [5, 5.41) is 18.2. The zero-order valence-corrected chi connectivity index (χ0v) is 25.0. The predicted octanol–water partition coefficient (Wildman–Crippen LogP) is 1.22. The maximum atomic E-state index is 13.3. The molecule has 5 rings (SSSR count). The van der Waals surface area contributed by atoms with E-state index in [2.05, 4.69) is 36.3 Å². The molecule has 1 atom stereocenters. The summed E-state index contributed by atoms with van der Waals surface area (Å²) in [6.45, 7) is 3.94. The standard InChI is InChI=1S/C28H31B3N8O6/c1-3-5-17(27(42)39-10-12-44-13-11-39)26-34-23(38-45-26)16-6-4-7-18(22(16)43-2)32-19-14-20(33-24(40)15-8-9-15)36-37-21(19)25(41)35-28(29,30)31/h4,6-7,14-15,17H,3,5,8-13H2,1-2H3,(H,35,41)(H2,32,33,36,40). The number of benzene rings is 1. The van der Waals surface area contributed by atoms with E-state index in [1.54, 1.807) is 23.1 Å². The Kier molecular flexibility index (Phi) is 9.76. The Labute approximate surface area is 264 Å². The first-order valence-corrected chi connectivity index (χ1v) is 14.6. The molecule has 14 nitrogen and oxygen atoms in total. The number of carbonyl (C=O) groups excluding carboxylic acids is 3. The Balaban J connectivity index is 1.46. The fraction of sp³-hybridized carbons (Fsp3) is 0.464. The molecule has 1 saturated carbocycles. The first-order valence-electron chi connectivity index (χ1n) is 14.6. The minimum absolute atomic E-state index is 0.0868. The van der Waals surface area contributed by atoms with Gasteiger partial charge in [-0.2, -0.15) is 4.98 Å². The molecule has 2 aromatic heterocycles. The molecule has 228 valence electrons. The number of nitrogens with one attached hydrogen (secondary N) is 3. The highest BCUT2D eigenvalue weighted by molar-refractivity contribution is 6.60. The number of nitrogens with zero attached hydrogens (tertiary/aromatic N) is 5. The number of methoxy groups -OCH3 is 1. The minimum Gasteiger partial charge on any atom is -0.494 e. The van der Waals surface area contributed by atoms with Gasteiger partial charge in [0.25, 0.3) is 5.91 Å². The zero-order chi connectivity index (χ0) is 32.1. The van der Waals surface area contributed by atoms with Gasteiger partial charge in [-0.25, -0.2) is 0 Å². The number of hydrogen-bond acceptors (Lipinski definition) is 11. The van der Waals surface area contributed by atoms with E-state index in [4.69, 9.17) is 37.5 Å². The van der Waals surface area contributed by atoms with Crippen LogP contribution in [0.4, 0.5) is 17.2 Å². The molecule has 45 heavy (non-hydrogen) atoms. The van der Waals surface area contributed by atoms with Crippen LogP contribution in [0.2, 0.25) is 0 Å². The van der Waals surface area contributed by atoms with E-state index >= 15 is 0 Å². The summed E-state index contributed by atoms with van der Waals surface area (Å²) in [7, 11) is 18.2. The van der Waals surface area contributed by atoms with Crippen molar-refractivity contribution in [3.8, 4) is 17.1 Å². The Morgan fingerprint density at radius 1 is 1.13 bits per heavy atom. The fourth-order valence-electron chi connectivity index (χ4n) is 4.85. The molecule has 3 aromatic rings. The second-order valence-corrected chi connectivity index (χ2v) is 10.9. The van der Waals surface area contributed by atoms with Gasteiger partial charge in [0.1, 0.15) is 5.92 Å². The molecule has 3 amide bonds. The monoisotopic (exact) mass is 608 g/mol. The molecule has 1 unspecified atom stereocenters. The molecule has 3 heterocycles. The average Bonchev–Trinajstić information content (AvgIpc) is 3.76. The molecule has 17 heteroatoms. The summed E-state index contributed by atoms with van der Waals surface area (Å²) in [4.78, 5) is 45.0. The van der Waals surface area contributed by atoms with Crippen molar-refractivity contribution in [3.63, 3.8) is 0 Å². The fourth-order valence-corrected chi connectivity index (χ4v) is 4.85. The maximum absolute atomic E-state index is 13.3. The van der Waals surface area contributed by atoms with Crippen LogP contribution in [-0.2, 0) is 14.3 Å². The van der Waals surface area contributed by atoms with Crippen LogP contribution in [0, 0.1) is 5.92 Å². The van der Waals surface area contributed by atoms with Crippen molar-refractivity contribution in [1.29, 1.82) is 0 Å². The highest BCUT2D eigenvalue weighted by Crippen LogP contribution is 2.38. The summed E-state index contributed by atoms with van der Waals surface area (Å²) >= 11 is 0. The molecule has 0 spiro atoms. The van der Waals surface area contributed by atoms with Gasteiger partial charge in [0.2, 0.25) is 23.5 Å². The average molecular weight is 608 g/mol. The van der Waals surface area contributed by atoms with Crippen molar-refractivity contribution < 1.29 is 28.4 Å². The number of rotatable bonds is 12. The molecule has 1 aromatic carbocycles. The Hall–Kier alpha value is -4.40. The van der Waals surface area contributed by atoms with Crippen LogP contribution in [0.25, 0.3) is 11.4 Å². The van der Waals surface area contributed by atoms with E-state index in [9.17, 15) is 14.4 Å². The molecule has 0 bridgehead atoms. The topological polar surface area (TPSA) is 174 Å². The van der Waals surface area contributed by atoms with E-state index in [0.29, 0.717) is 49.7 Å². The number of hydrogen-bond donors (Lipinski definition) is 3. The van der Waals surface area contributed by atoms with Crippen molar-refractivity contribution >= 4 is 58.5 Å². The second-order valence-electron chi connectivity index (χ2n) is 10.9. The number of aromatic nitrogens is 4. The lowest BCUT2D eigenvalue weighted by Gasteiger charge is -2.29. The van der Waals surface area contributed by atoms with Gasteiger partial charge in [0, 0.05) is 25.1 Å². The van der Waals surface area contributed by atoms with E-state index in [1.165, 1.54) is 13.2 Å². The molecule has 1 saturated heterocycles. The van der Waals surface area contributed by atoms with E-state index in [-0.39, 0.29) is 46.6 Å². The van der Waals surface area contributed by atoms with Crippen molar-refractivity contribution in [2.75, 3.05) is 44.0 Å². The number of anilines is 3.